The van der Waals surface area contributed by atoms with Crippen LogP contribution in [0.3, 0.4) is 0 Å². The van der Waals surface area contributed by atoms with Crippen molar-refractivity contribution >= 4 is 33.3 Å². The van der Waals surface area contributed by atoms with Crippen molar-refractivity contribution in [2.45, 2.75) is 6.92 Å². The summed E-state index contributed by atoms with van der Waals surface area (Å²) in [6.07, 6.45) is 0. The highest BCUT2D eigenvalue weighted by Crippen LogP contribution is 2.28. The first kappa shape index (κ1) is 16.0. The Bertz CT molecular complexity index is 1150. The summed E-state index contributed by atoms with van der Waals surface area (Å²) in [5.74, 6) is 0.0515. The highest BCUT2D eigenvalue weighted by Gasteiger charge is 2.16. The van der Waals surface area contributed by atoms with Gasteiger partial charge in [-0.25, -0.2) is 4.79 Å². The molecule has 0 saturated carbocycles. The number of carbonyl (C=O) groups excluding carboxylic acids is 2. The fourth-order valence-electron chi connectivity index (χ4n) is 3.23. The number of rotatable bonds is 3. The van der Waals surface area contributed by atoms with Crippen molar-refractivity contribution in [3.8, 4) is 5.75 Å². The van der Waals surface area contributed by atoms with Crippen LogP contribution in [-0.2, 0) is 0 Å². The summed E-state index contributed by atoms with van der Waals surface area (Å²) < 4.78 is 5.70. The van der Waals surface area contributed by atoms with Crippen LogP contribution in [0.25, 0.3) is 21.5 Å². The van der Waals surface area contributed by atoms with Gasteiger partial charge in [0.15, 0.2) is 5.78 Å². The molecule has 126 valence electrons. The van der Waals surface area contributed by atoms with Gasteiger partial charge in [-0.15, -0.1) is 0 Å². The van der Waals surface area contributed by atoms with Gasteiger partial charge in [-0.05, 0) is 35.2 Å². The van der Waals surface area contributed by atoms with Gasteiger partial charge in [0.1, 0.15) is 5.75 Å². The minimum absolute atomic E-state index is 0.0322. The molecule has 0 radical (unpaired) electrons. The Balaban J connectivity index is 1.79. The first-order valence-corrected chi connectivity index (χ1v) is 8.38. The van der Waals surface area contributed by atoms with Crippen LogP contribution in [0, 0.1) is 0 Å². The van der Waals surface area contributed by atoms with E-state index in [1.165, 1.54) is 6.92 Å². The number of fused-ring (bicyclic) bond motifs is 2. The first-order chi connectivity index (χ1) is 12.6. The van der Waals surface area contributed by atoms with E-state index < -0.39 is 5.97 Å². The number of ketones is 1. The summed E-state index contributed by atoms with van der Waals surface area (Å²) in [4.78, 5) is 24.7. The monoisotopic (exact) mass is 340 g/mol. The van der Waals surface area contributed by atoms with E-state index in [4.69, 9.17) is 4.74 Å². The molecule has 0 N–H and O–H groups in total. The Morgan fingerprint density at radius 3 is 2.00 bits per heavy atom. The highest BCUT2D eigenvalue weighted by molar-refractivity contribution is 6.13. The molecule has 0 heterocycles. The van der Waals surface area contributed by atoms with Gasteiger partial charge in [0.05, 0.1) is 5.56 Å². The molecule has 0 aromatic heterocycles. The SMILES string of the molecule is CC(=O)c1cccc2c(C(=O)Oc3cccc4ccccc34)cccc12. The van der Waals surface area contributed by atoms with Crippen molar-refractivity contribution in [2.24, 2.45) is 0 Å². The summed E-state index contributed by atoms with van der Waals surface area (Å²) in [6, 6.07) is 24.1. The molecule has 0 fully saturated rings. The molecule has 0 atom stereocenters. The van der Waals surface area contributed by atoms with Crippen LogP contribution >= 0.6 is 0 Å². The van der Waals surface area contributed by atoms with Crippen molar-refractivity contribution in [2.75, 3.05) is 0 Å². The van der Waals surface area contributed by atoms with Crippen LogP contribution in [0.2, 0.25) is 0 Å². The average molecular weight is 340 g/mol. The molecule has 0 aliphatic heterocycles. The Kier molecular flexibility index (Phi) is 3.98. The standard InChI is InChI=1S/C23H16O3/c1-15(24)17-10-5-12-20-19(17)11-6-13-21(20)23(25)26-22-14-4-8-16-7-2-3-9-18(16)22/h2-14H,1H3. The number of Topliss-reactive ketones (excluding diaryl/α,β-unsaturated/α-hetero) is 1. The van der Waals surface area contributed by atoms with E-state index in [1.807, 2.05) is 48.5 Å². The lowest BCUT2D eigenvalue weighted by Gasteiger charge is -2.10. The van der Waals surface area contributed by atoms with Crippen LogP contribution in [0.1, 0.15) is 27.6 Å². The minimum atomic E-state index is -0.437. The van der Waals surface area contributed by atoms with Crippen molar-refractivity contribution in [1.29, 1.82) is 0 Å². The van der Waals surface area contributed by atoms with Gasteiger partial charge in [-0.1, -0.05) is 66.7 Å². The zero-order valence-electron chi connectivity index (χ0n) is 14.2. The van der Waals surface area contributed by atoms with Crippen LogP contribution in [-0.4, -0.2) is 11.8 Å². The number of carbonyl (C=O) groups is 2. The zero-order valence-corrected chi connectivity index (χ0v) is 14.2. The molecule has 0 aliphatic carbocycles. The normalized spacial score (nSPS) is 10.8. The molecular weight excluding hydrogens is 324 g/mol. The second-order valence-electron chi connectivity index (χ2n) is 6.13. The maximum Gasteiger partial charge on any atom is 0.344 e. The molecule has 0 amide bonds. The van der Waals surface area contributed by atoms with Crippen molar-refractivity contribution in [1.82, 2.24) is 0 Å². The van der Waals surface area contributed by atoms with Gasteiger partial charge < -0.3 is 4.74 Å². The largest absolute Gasteiger partial charge is 0.422 e. The lowest BCUT2D eigenvalue weighted by Crippen LogP contribution is -2.10. The van der Waals surface area contributed by atoms with Gasteiger partial charge in [0.25, 0.3) is 0 Å². The van der Waals surface area contributed by atoms with Crippen molar-refractivity contribution in [3.05, 3.63) is 90.0 Å². The molecular formula is C23H16O3. The molecule has 0 aliphatic rings. The Morgan fingerprint density at radius 1 is 0.654 bits per heavy atom. The molecule has 0 bridgehead atoms. The van der Waals surface area contributed by atoms with Crippen molar-refractivity contribution in [3.63, 3.8) is 0 Å². The summed E-state index contributed by atoms with van der Waals surface area (Å²) in [6.45, 7) is 1.52. The second-order valence-corrected chi connectivity index (χ2v) is 6.13. The quantitative estimate of drug-likeness (QED) is 0.284. The lowest BCUT2D eigenvalue weighted by atomic mass is 9.98. The predicted octanol–water partition coefficient (Wildman–Crippen LogP) is 5.41. The number of hydrogen-bond acceptors (Lipinski definition) is 3. The highest BCUT2D eigenvalue weighted by atomic mass is 16.5. The molecule has 3 heteroatoms. The van der Waals surface area contributed by atoms with E-state index in [0.717, 1.165) is 16.2 Å². The van der Waals surface area contributed by atoms with Crippen LogP contribution in [0.4, 0.5) is 0 Å². The minimum Gasteiger partial charge on any atom is -0.422 e. The van der Waals surface area contributed by atoms with E-state index in [0.29, 0.717) is 22.3 Å². The fraction of sp³-hybridized carbons (Fsp3) is 0.0435. The first-order valence-electron chi connectivity index (χ1n) is 8.38. The van der Waals surface area contributed by atoms with Gasteiger partial charge in [0, 0.05) is 10.9 Å². The second kappa shape index (κ2) is 6.45. The molecule has 3 nitrogen and oxygen atoms in total. The number of ether oxygens (including phenoxy) is 1. The van der Waals surface area contributed by atoms with Crippen molar-refractivity contribution < 1.29 is 14.3 Å². The van der Waals surface area contributed by atoms with Gasteiger partial charge in [0.2, 0.25) is 0 Å². The predicted molar refractivity (Wildman–Crippen MR) is 103 cm³/mol. The van der Waals surface area contributed by atoms with Gasteiger partial charge >= 0.3 is 5.97 Å². The average Bonchev–Trinajstić information content (AvgIpc) is 2.67. The molecule has 0 saturated heterocycles. The van der Waals surface area contributed by atoms with Gasteiger partial charge in [-0.2, -0.15) is 0 Å². The van der Waals surface area contributed by atoms with Crippen LogP contribution in [0.5, 0.6) is 5.75 Å². The molecule has 26 heavy (non-hydrogen) atoms. The Hall–Kier alpha value is -3.46. The third kappa shape index (κ3) is 2.74. The van der Waals surface area contributed by atoms with E-state index in [9.17, 15) is 9.59 Å². The molecule has 0 spiro atoms. The van der Waals surface area contributed by atoms with E-state index in [2.05, 4.69) is 0 Å². The summed E-state index contributed by atoms with van der Waals surface area (Å²) in [5, 5.41) is 3.36. The van der Waals surface area contributed by atoms with Crippen LogP contribution < -0.4 is 4.74 Å². The van der Waals surface area contributed by atoms with Crippen LogP contribution in [0.15, 0.2) is 78.9 Å². The maximum absolute atomic E-state index is 12.8. The Morgan fingerprint density at radius 2 is 1.23 bits per heavy atom. The molecule has 4 rings (SSSR count). The maximum atomic E-state index is 12.8. The summed E-state index contributed by atoms with van der Waals surface area (Å²) in [7, 11) is 0. The fourth-order valence-corrected chi connectivity index (χ4v) is 3.23. The third-order valence-electron chi connectivity index (χ3n) is 4.47. The number of esters is 1. The summed E-state index contributed by atoms with van der Waals surface area (Å²) >= 11 is 0. The molecule has 0 unspecified atom stereocenters. The molecule has 4 aromatic rings. The van der Waals surface area contributed by atoms with E-state index in [-0.39, 0.29) is 5.78 Å². The van der Waals surface area contributed by atoms with E-state index in [1.54, 1.807) is 30.3 Å². The Labute approximate surface area is 150 Å². The third-order valence-corrected chi connectivity index (χ3v) is 4.47. The molecule has 4 aromatic carbocycles. The lowest BCUT2D eigenvalue weighted by molar-refractivity contribution is 0.0739. The van der Waals surface area contributed by atoms with E-state index >= 15 is 0 Å². The smallest absolute Gasteiger partial charge is 0.344 e. The summed E-state index contributed by atoms with van der Waals surface area (Å²) in [5.41, 5.74) is 1.04. The number of benzene rings is 4. The van der Waals surface area contributed by atoms with Gasteiger partial charge in [-0.3, -0.25) is 4.79 Å². The zero-order chi connectivity index (χ0) is 18.1. The number of hydrogen-bond donors (Lipinski definition) is 0. The topological polar surface area (TPSA) is 43.4 Å².